The van der Waals surface area contributed by atoms with Crippen LogP contribution >= 0.6 is 0 Å². The van der Waals surface area contributed by atoms with Crippen molar-refractivity contribution < 1.29 is 10.2 Å². The SMILES string of the molecule is CCCCCCCCCCCCCC[C@H](O)[C@H](O)[C@H](C)N. The molecule has 0 rings (SSSR count). The first-order chi connectivity index (χ1) is 10.1. The zero-order chi connectivity index (χ0) is 15.9. The number of unbranched alkanes of at least 4 members (excludes halogenated alkanes) is 11. The predicted octanol–water partition coefficient (Wildman–Crippen LogP) is 4.15. The molecule has 0 fully saturated rings. The first kappa shape index (κ1) is 20.9. The van der Waals surface area contributed by atoms with Crippen molar-refractivity contribution in [3.8, 4) is 0 Å². The number of aliphatic hydroxyl groups is 2. The number of rotatable bonds is 15. The average Bonchev–Trinajstić information content (AvgIpc) is 2.47. The summed E-state index contributed by atoms with van der Waals surface area (Å²) < 4.78 is 0. The van der Waals surface area contributed by atoms with Crippen molar-refractivity contribution in [3.63, 3.8) is 0 Å². The largest absolute Gasteiger partial charge is 0.390 e. The van der Waals surface area contributed by atoms with Gasteiger partial charge in [-0.2, -0.15) is 0 Å². The summed E-state index contributed by atoms with van der Waals surface area (Å²) in [6.45, 7) is 3.99. The Bertz CT molecular complexity index is 209. The van der Waals surface area contributed by atoms with Crippen LogP contribution < -0.4 is 5.73 Å². The fraction of sp³-hybridized carbons (Fsp3) is 1.00. The molecule has 0 aliphatic rings. The molecule has 128 valence electrons. The minimum atomic E-state index is -0.780. The fourth-order valence-electron chi connectivity index (χ4n) is 2.72. The van der Waals surface area contributed by atoms with Crippen LogP contribution in [0.1, 0.15) is 97.3 Å². The van der Waals surface area contributed by atoms with Crippen LogP contribution in [0.5, 0.6) is 0 Å². The van der Waals surface area contributed by atoms with Gasteiger partial charge in [-0.05, 0) is 13.3 Å². The highest BCUT2D eigenvalue weighted by Gasteiger charge is 2.19. The van der Waals surface area contributed by atoms with E-state index in [2.05, 4.69) is 6.92 Å². The summed E-state index contributed by atoms with van der Waals surface area (Å²) >= 11 is 0. The molecular weight excluding hydrogens is 262 g/mol. The lowest BCUT2D eigenvalue weighted by atomic mass is 10.0. The van der Waals surface area contributed by atoms with Crippen molar-refractivity contribution >= 4 is 0 Å². The Morgan fingerprint density at radius 2 is 1.10 bits per heavy atom. The summed E-state index contributed by atoms with van der Waals surface area (Å²) in [6, 6.07) is -0.350. The third-order valence-corrected chi connectivity index (χ3v) is 4.29. The van der Waals surface area contributed by atoms with Crippen LogP contribution in [0.15, 0.2) is 0 Å². The maximum atomic E-state index is 9.72. The summed E-state index contributed by atoms with van der Waals surface area (Å²) in [5.74, 6) is 0. The maximum absolute atomic E-state index is 9.72. The lowest BCUT2D eigenvalue weighted by Crippen LogP contribution is -2.40. The Hall–Kier alpha value is -0.120. The molecule has 0 aromatic rings. The quantitative estimate of drug-likeness (QED) is 0.398. The summed E-state index contributed by atoms with van der Waals surface area (Å²) in [4.78, 5) is 0. The van der Waals surface area contributed by atoms with Crippen molar-refractivity contribution in [3.05, 3.63) is 0 Å². The van der Waals surface area contributed by atoms with Crippen molar-refractivity contribution in [1.29, 1.82) is 0 Å². The maximum Gasteiger partial charge on any atom is 0.0946 e. The van der Waals surface area contributed by atoms with Gasteiger partial charge in [-0.1, -0.05) is 84.0 Å². The van der Waals surface area contributed by atoms with Crippen molar-refractivity contribution in [1.82, 2.24) is 0 Å². The van der Waals surface area contributed by atoms with Crippen LogP contribution in [0, 0.1) is 0 Å². The van der Waals surface area contributed by atoms with Crippen LogP contribution in [0.4, 0.5) is 0 Å². The second-order valence-corrected chi connectivity index (χ2v) is 6.59. The van der Waals surface area contributed by atoms with E-state index in [0.717, 1.165) is 12.8 Å². The molecule has 0 aliphatic carbocycles. The van der Waals surface area contributed by atoms with Crippen LogP contribution in [0.25, 0.3) is 0 Å². The second kappa shape index (κ2) is 14.8. The summed E-state index contributed by atoms with van der Waals surface area (Å²) in [5.41, 5.74) is 5.56. The molecular formula is C18H39NO2. The van der Waals surface area contributed by atoms with E-state index in [1.54, 1.807) is 6.92 Å². The van der Waals surface area contributed by atoms with Gasteiger partial charge in [0.15, 0.2) is 0 Å². The zero-order valence-corrected chi connectivity index (χ0v) is 14.4. The van der Waals surface area contributed by atoms with Crippen molar-refractivity contribution in [2.75, 3.05) is 0 Å². The van der Waals surface area contributed by atoms with Gasteiger partial charge in [0.25, 0.3) is 0 Å². The Morgan fingerprint density at radius 3 is 1.48 bits per heavy atom. The summed E-state index contributed by atoms with van der Waals surface area (Å²) in [5, 5.41) is 19.3. The molecule has 0 aromatic carbocycles. The van der Waals surface area contributed by atoms with Crippen LogP contribution in [-0.4, -0.2) is 28.5 Å². The minimum Gasteiger partial charge on any atom is -0.390 e. The average molecular weight is 302 g/mol. The standard InChI is InChI=1S/C18H39NO2/c1-3-4-5-6-7-8-9-10-11-12-13-14-15-17(20)18(21)16(2)19/h16-18,20-21H,3-15,19H2,1-2H3/t16-,17-,18+/m0/s1. The van der Waals surface area contributed by atoms with Gasteiger partial charge in [0, 0.05) is 6.04 Å². The zero-order valence-electron chi connectivity index (χ0n) is 14.4. The lowest BCUT2D eigenvalue weighted by Gasteiger charge is -2.20. The molecule has 0 heterocycles. The van der Waals surface area contributed by atoms with E-state index in [1.165, 1.54) is 64.2 Å². The van der Waals surface area contributed by atoms with E-state index >= 15 is 0 Å². The van der Waals surface area contributed by atoms with Crippen molar-refractivity contribution in [2.45, 2.75) is 116 Å². The molecule has 3 atom stereocenters. The Kier molecular flexibility index (Phi) is 14.7. The molecule has 3 nitrogen and oxygen atoms in total. The number of hydrogen-bond donors (Lipinski definition) is 3. The van der Waals surface area contributed by atoms with Gasteiger partial charge in [-0.25, -0.2) is 0 Å². The predicted molar refractivity (Wildman–Crippen MR) is 91.4 cm³/mol. The molecule has 0 radical (unpaired) electrons. The van der Waals surface area contributed by atoms with Gasteiger partial charge in [0.2, 0.25) is 0 Å². The molecule has 0 saturated heterocycles. The number of hydrogen-bond acceptors (Lipinski definition) is 3. The second-order valence-electron chi connectivity index (χ2n) is 6.59. The monoisotopic (exact) mass is 301 g/mol. The molecule has 21 heavy (non-hydrogen) atoms. The van der Waals surface area contributed by atoms with Crippen molar-refractivity contribution in [2.24, 2.45) is 5.73 Å². The third-order valence-electron chi connectivity index (χ3n) is 4.29. The molecule has 0 aromatic heterocycles. The number of aliphatic hydroxyl groups excluding tert-OH is 2. The Balaban J connectivity index is 3.19. The smallest absolute Gasteiger partial charge is 0.0946 e. The van der Waals surface area contributed by atoms with E-state index in [9.17, 15) is 10.2 Å². The third kappa shape index (κ3) is 13.3. The molecule has 4 N–H and O–H groups in total. The lowest BCUT2D eigenvalue weighted by molar-refractivity contribution is 0.00174. The van der Waals surface area contributed by atoms with Crippen LogP contribution in [0.2, 0.25) is 0 Å². The van der Waals surface area contributed by atoms with Gasteiger partial charge in [-0.3, -0.25) is 0 Å². The molecule has 0 amide bonds. The normalized spacial score (nSPS) is 15.9. The topological polar surface area (TPSA) is 66.5 Å². The van der Waals surface area contributed by atoms with E-state index in [-0.39, 0.29) is 6.04 Å². The Morgan fingerprint density at radius 1 is 0.714 bits per heavy atom. The first-order valence-electron chi connectivity index (χ1n) is 9.21. The van der Waals surface area contributed by atoms with Gasteiger partial charge in [0.1, 0.15) is 0 Å². The molecule has 3 heteroatoms. The van der Waals surface area contributed by atoms with Gasteiger partial charge in [-0.15, -0.1) is 0 Å². The molecule has 0 spiro atoms. The minimum absolute atomic E-state index is 0.350. The molecule has 0 aliphatic heterocycles. The van der Waals surface area contributed by atoms with Gasteiger partial charge >= 0.3 is 0 Å². The molecule has 0 saturated carbocycles. The van der Waals surface area contributed by atoms with Crippen LogP contribution in [-0.2, 0) is 0 Å². The van der Waals surface area contributed by atoms with E-state index in [1.807, 2.05) is 0 Å². The highest BCUT2D eigenvalue weighted by atomic mass is 16.3. The first-order valence-corrected chi connectivity index (χ1v) is 9.21. The fourth-order valence-corrected chi connectivity index (χ4v) is 2.72. The molecule has 0 bridgehead atoms. The van der Waals surface area contributed by atoms with E-state index in [4.69, 9.17) is 5.73 Å². The summed E-state index contributed by atoms with van der Waals surface area (Å²) in [7, 11) is 0. The van der Waals surface area contributed by atoms with E-state index in [0.29, 0.717) is 6.42 Å². The highest BCUT2D eigenvalue weighted by Crippen LogP contribution is 2.14. The highest BCUT2D eigenvalue weighted by molar-refractivity contribution is 4.74. The number of nitrogens with two attached hydrogens (primary N) is 1. The van der Waals surface area contributed by atoms with Gasteiger partial charge < -0.3 is 15.9 Å². The summed E-state index contributed by atoms with van der Waals surface area (Å²) in [6.07, 6.45) is 15.0. The Labute approximate surface area is 132 Å². The van der Waals surface area contributed by atoms with Crippen LogP contribution in [0.3, 0.4) is 0 Å². The van der Waals surface area contributed by atoms with Gasteiger partial charge in [0.05, 0.1) is 12.2 Å². The molecule has 0 unspecified atom stereocenters. The van der Waals surface area contributed by atoms with E-state index < -0.39 is 12.2 Å².